The van der Waals surface area contributed by atoms with Crippen molar-refractivity contribution in [3.8, 4) is 11.1 Å². The minimum Gasteiger partial charge on any atom is -0.381 e. The van der Waals surface area contributed by atoms with Crippen LogP contribution in [0.3, 0.4) is 0 Å². The lowest BCUT2D eigenvalue weighted by Gasteiger charge is -2.31. The van der Waals surface area contributed by atoms with Crippen molar-refractivity contribution in [3.63, 3.8) is 0 Å². The number of allylic oxidation sites excluding steroid dienone is 1. The number of carbonyl (C=O) groups is 1. The maximum atomic E-state index is 13.8. The first-order chi connectivity index (χ1) is 18.0. The van der Waals surface area contributed by atoms with Crippen LogP contribution in [0.25, 0.3) is 16.7 Å². The molecular weight excluding hydrogens is 456 g/mol. The largest absolute Gasteiger partial charge is 0.381 e. The van der Waals surface area contributed by atoms with Gasteiger partial charge >= 0.3 is 0 Å². The fraction of sp³-hybridized carbons (Fsp3) is 0.364. The van der Waals surface area contributed by atoms with Crippen molar-refractivity contribution in [1.82, 2.24) is 4.90 Å². The van der Waals surface area contributed by atoms with Gasteiger partial charge in [0.1, 0.15) is 0 Å². The van der Waals surface area contributed by atoms with E-state index in [0.717, 1.165) is 74.3 Å². The number of aryl methyl sites for hydroxylation is 2. The minimum atomic E-state index is 0.0521. The number of ether oxygens (including phenoxy) is 1. The highest BCUT2D eigenvalue weighted by Gasteiger charge is 2.23. The molecule has 0 atom stereocenters. The van der Waals surface area contributed by atoms with Gasteiger partial charge in [-0.2, -0.15) is 0 Å². The second-order valence-electron chi connectivity index (χ2n) is 10.5. The number of benzene rings is 3. The first-order valence-corrected chi connectivity index (χ1v) is 13.5. The number of hydrogen-bond donors (Lipinski definition) is 0. The van der Waals surface area contributed by atoms with E-state index >= 15 is 0 Å². The molecular formula is C33H38N2O2. The van der Waals surface area contributed by atoms with Crippen LogP contribution in [-0.2, 0) is 22.5 Å². The fourth-order valence-corrected chi connectivity index (χ4v) is 5.49. The van der Waals surface area contributed by atoms with E-state index in [-0.39, 0.29) is 5.91 Å². The Bertz CT molecular complexity index is 1250. The van der Waals surface area contributed by atoms with Crippen molar-refractivity contribution in [2.75, 3.05) is 32.2 Å². The summed E-state index contributed by atoms with van der Waals surface area (Å²) in [6, 6.07) is 24.2. The molecule has 1 aliphatic heterocycles. The predicted octanol–water partition coefficient (Wildman–Crippen LogP) is 6.66. The zero-order chi connectivity index (χ0) is 25.8. The highest BCUT2D eigenvalue weighted by atomic mass is 16.5. The van der Waals surface area contributed by atoms with E-state index in [4.69, 9.17) is 4.74 Å². The number of rotatable bonds is 6. The average Bonchev–Trinajstić information content (AvgIpc) is 3.15. The van der Waals surface area contributed by atoms with Crippen molar-refractivity contribution in [1.29, 1.82) is 0 Å². The third kappa shape index (κ3) is 5.87. The van der Waals surface area contributed by atoms with Crippen LogP contribution in [0, 0.1) is 6.92 Å². The fourth-order valence-electron chi connectivity index (χ4n) is 5.49. The van der Waals surface area contributed by atoms with E-state index in [1.54, 1.807) is 4.90 Å². The number of hydrogen-bond acceptors (Lipinski definition) is 3. The Morgan fingerprint density at radius 1 is 0.919 bits per heavy atom. The van der Waals surface area contributed by atoms with Crippen molar-refractivity contribution in [2.24, 2.45) is 0 Å². The molecule has 0 saturated carbocycles. The van der Waals surface area contributed by atoms with Gasteiger partial charge in [0.15, 0.2) is 0 Å². The van der Waals surface area contributed by atoms with Crippen LogP contribution >= 0.6 is 0 Å². The minimum absolute atomic E-state index is 0.0521. The summed E-state index contributed by atoms with van der Waals surface area (Å²) in [5.74, 6) is 0.0521. The Morgan fingerprint density at radius 2 is 1.62 bits per heavy atom. The molecule has 2 aliphatic rings. The second kappa shape index (κ2) is 11.5. The quantitative estimate of drug-likeness (QED) is 0.384. The van der Waals surface area contributed by atoms with Gasteiger partial charge in [0.25, 0.3) is 5.91 Å². The van der Waals surface area contributed by atoms with Crippen molar-refractivity contribution < 1.29 is 9.53 Å². The molecule has 4 nitrogen and oxygen atoms in total. The lowest BCUT2D eigenvalue weighted by molar-refractivity contribution is -0.113. The first-order valence-electron chi connectivity index (χ1n) is 13.5. The van der Waals surface area contributed by atoms with Crippen molar-refractivity contribution >= 4 is 17.2 Å². The van der Waals surface area contributed by atoms with Crippen LogP contribution in [-0.4, -0.2) is 44.2 Å². The summed E-state index contributed by atoms with van der Waals surface area (Å²) >= 11 is 0. The number of likely N-dealkylation sites (N-methyl/N-ethyl adjacent to an activating group) is 1. The monoisotopic (exact) mass is 494 g/mol. The van der Waals surface area contributed by atoms with E-state index in [2.05, 4.69) is 91.7 Å². The Kier molecular flexibility index (Phi) is 7.87. The summed E-state index contributed by atoms with van der Waals surface area (Å²) in [5.41, 5.74) is 8.91. The Labute approximate surface area is 221 Å². The average molecular weight is 495 g/mol. The molecule has 37 heavy (non-hydrogen) atoms. The molecule has 0 aromatic heterocycles. The number of carbonyl (C=O) groups excluding carboxylic acids is 1. The predicted molar refractivity (Wildman–Crippen MR) is 153 cm³/mol. The molecule has 192 valence electrons. The first kappa shape index (κ1) is 25.4. The molecule has 0 unspecified atom stereocenters. The molecule has 1 aliphatic carbocycles. The molecule has 1 heterocycles. The van der Waals surface area contributed by atoms with Crippen LogP contribution in [0.15, 0.2) is 72.8 Å². The van der Waals surface area contributed by atoms with Crippen LogP contribution in [0.4, 0.5) is 5.69 Å². The summed E-state index contributed by atoms with van der Waals surface area (Å²) in [5, 5.41) is 0. The van der Waals surface area contributed by atoms with Crippen LogP contribution in [0.1, 0.15) is 47.9 Å². The van der Waals surface area contributed by atoms with Gasteiger partial charge in [-0.3, -0.25) is 9.69 Å². The van der Waals surface area contributed by atoms with Gasteiger partial charge in [0.05, 0.1) is 0 Å². The van der Waals surface area contributed by atoms with E-state index in [9.17, 15) is 4.79 Å². The lowest BCUT2D eigenvalue weighted by Crippen LogP contribution is -2.36. The topological polar surface area (TPSA) is 32.8 Å². The molecule has 0 N–H and O–H groups in total. The van der Waals surface area contributed by atoms with E-state index in [0.29, 0.717) is 6.04 Å². The molecule has 5 rings (SSSR count). The normalized spacial score (nSPS) is 16.2. The standard InChI is InChI=1S/C33H38N2O2/c1-24-8-12-26(13-9-24)28-15-14-27-6-4-5-7-31(32(27)22-28)33(36)35(3)30-16-10-25(11-17-30)23-34(2)29-18-20-37-21-19-29/h7-17,22,29H,4-6,18-21,23H2,1-3H3. The Hall–Kier alpha value is -3.21. The van der Waals surface area contributed by atoms with E-state index in [1.165, 1.54) is 22.3 Å². The van der Waals surface area contributed by atoms with Crippen molar-refractivity contribution in [3.05, 3.63) is 95.1 Å². The second-order valence-corrected chi connectivity index (χ2v) is 10.5. The summed E-state index contributed by atoms with van der Waals surface area (Å²) < 4.78 is 5.51. The molecule has 3 aromatic carbocycles. The summed E-state index contributed by atoms with van der Waals surface area (Å²) in [7, 11) is 4.08. The third-order valence-corrected chi connectivity index (χ3v) is 7.89. The molecule has 0 bridgehead atoms. The highest BCUT2D eigenvalue weighted by molar-refractivity contribution is 6.26. The molecule has 1 fully saturated rings. The number of amides is 1. The lowest BCUT2D eigenvalue weighted by atomic mass is 9.93. The van der Waals surface area contributed by atoms with Crippen LogP contribution < -0.4 is 4.90 Å². The van der Waals surface area contributed by atoms with Gasteiger partial charge in [-0.15, -0.1) is 0 Å². The van der Waals surface area contributed by atoms with E-state index in [1.807, 2.05) is 7.05 Å². The number of fused-ring (bicyclic) bond motifs is 1. The number of anilines is 1. The van der Waals surface area contributed by atoms with Crippen LogP contribution in [0.2, 0.25) is 0 Å². The summed E-state index contributed by atoms with van der Waals surface area (Å²) in [6.07, 6.45) is 7.30. The van der Waals surface area contributed by atoms with E-state index < -0.39 is 0 Å². The number of nitrogens with zero attached hydrogens (tertiary/aromatic N) is 2. The molecule has 4 heteroatoms. The zero-order valence-electron chi connectivity index (χ0n) is 22.4. The van der Waals surface area contributed by atoms with Gasteiger partial charge in [-0.25, -0.2) is 0 Å². The Morgan fingerprint density at radius 3 is 2.35 bits per heavy atom. The maximum Gasteiger partial charge on any atom is 0.258 e. The third-order valence-electron chi connectivity index (χ3n) is 7.89. The van der Waals surface area contributed by atoms with Gasteiger partial charge in [-0.05, 0) is 92.1 Å². The SMILES string of the molecule is Cc1ccc(-c2ccc3c(c2)C(C(=O)N(C)c2ccc(CN(C)C4CCOCC4)cc2)=CCCC3)cc1. The zero-order valence-corrected chi connectivity index (χ0v) is 22.4. The maximum absolute atomic E-state index is 13.8. The summed E-state index contributed by atoms with van der Waals surface area (Å²) in [4.78, 5) is 18.0. The van der Waals surface area contributed by atoms with Gasteiger partial charge in [0.2, 0.25) is 0 Å². The highest BCUT2D eigenvalue weighted by Crippen LogP contribution is 2.32. The molecule has 3 aromatic rings. The molecule has 0 spiro atoms. The smallest absolute Gasteiger partial charge is 0.258 e. The van der Waals surface area contributed by atoms with Gasteiger partial charge in [-0.1, -0.05) is 60.2 Å². The Balaban J connectivity index is 1.34. The summed E-state index contributed by atoms with van der Waals surface area (Å²) in [6.45, 7) is 4.72. The molecule has 0 radical (unpaired) electrons. The van der Waals surface area contributed by atoms with Gasteiger partial charge < -0.3 is 9.64 Å². The van der Waals surface area contributed by atoms with Crippen molar-refractivity contribution in [2.45, 2.75) is 51.6 Å². The molecule has 1 amide bonds. The van der Waals surface area contributed by atoms with Crippen LogP contribution in [0.5, 0.6) is 0 Å². The molecule has 1 saturated heterocycles. The van der Waals surface area contributed by atoms with Gasteiger partial charge in [0, 0.05) is 44.1 Å².